The van der Waals surface area contributed by atoms with E-state index in [9.17, 15) is 13.2 Å². The van der Waals surface area contributed by atoms with Crippen LogP contribution in [0.3, 0.4) is 0 Å². The van der Waals surface area contributed by atoms with Gasteiger partial charge in [-0.05, 0) is 12.5 Å². The molecule has 0 aliphatic heterocycles. The minimum absolute atomic E-state index is 0.219. The molecule has 0 saturated carbocycles. The minimum atomic E-state index is -2.59. The van der Waals surface area contributed by atoms with Crippen LogP contribution in [0, 0.1) is 0 Å². The van der Waals surface area contributed by atoms with Crippen molar-refractivity contribution in [2.75, 3.05) is 0 Å². The highest BCUT2D eigenvalue weighted by atomic mass is 79.9. The molecule has 0 fully saturated rings. The minimum Gasteiger partial charge on any atom is -0.212 e. The third kappa shape index (κ3) is 2.09. The van der Waals surface area contributed by atoms with E-state index in [1.54, 1.807) is 0 Å². The summed E-state index contributed by atoms with van der Waals surface area (Å²) >= 11 is 2.97. The quantitative estimate of drug-likeness (QED) is 0.642. The predicted octanol–water partition coefficient (Wildman–Crippen LogP) is 3.55. The molecule has 0 bridgehead atoms. The van der Waals surface area contributed by atoms with Gasteiger partial charge in [0.15, 0.2) is 0 Å². The highest BCUT2D eigenvalue weighted by Crippen LogP contribution is 2.31. The molecule has 0 amide bonds. The Hall–Kier alpha value is -0.250. The van der Waals surface area contributed by atoms with Crippen LogP contribution >= 0.6 is 15.9 Å². The van der Waals surface area contributed by atoms with Crippen molar-refractivity contribution in [2.45, 2.75) is 19.3 Å². The van der Waals surface area contributed by atoms with Crippen molar-refractivity contribution < 1.29 is 13.2 Å². The first kappa shape index (κ1) is 8.84. The van der Waals surface area contributed by atoms with Gasteiger partial charge in [0.2, 0.25) is 0 Å². The lowest BCUT2D eigenvalue weighted by atomic mass is 10.1. The topological polar surface area (TPSA) is 0 Å². The molecule has 0 radical (unpaired) electrons. The van der Waals surface area contributed by atoms with Gasteiger partial charge in [-0.1, -0.05) is 15.9 Å². The molecular formula is C7H6BrF3. The zero-order valence-corrected chi connectivity index (χ0v) is 7.17. The van der Waals surface area contributed by atoms with E-state index in [1.807, 2.05) is 0 Å². The predicted molar refractivity (Wildman–Crippen MR) is 40.4 cm³/mol. The fraction of sp³-hybridized carbons (Fsp3) is 0.429. The molecule has 0 aromatic heterocycles. The molecule has 4 heteroatoms. The molecular weight excluding hydrogens is 221 g/mol. The fourth-order valence-corrected chi connectivity index (χ4v) is 1.36. The maximum Gasteiger partial charge on any atom is 0.264 e. The molecule has 1 aliphatic rings. The number of halogens is 4. The molecule has 1 aliphatic carbocycles. The van der Waals surface area contributed by atoms with Gasteiger partial charge in [0, 0.05) is 16.5 Å². The van der Waals surface area contributed by atoms with E-state index in [0.29, 0.717) is 10.9 Å². The van der Waals surface area contributed by atoms with Crippen molar-refractivity contribution >= 4 is 15.9 Å². The van der Waals surface area contributed by atoms with Crippen molar-refractivity contribution in [1.29, 1.82) is 0 Å². The number of alkyl halides is 2. The van der Waals surface area contributed by atoms with Crippen molar-refractivity contribution in [3.63, 3.8) is 0 Å². The lowest BCUT2D eigenvalue weighted by Gasteiger charge is -2.10. The van der Waals surface area contributed by atoms with Gasteiger partial charge in [-0.25, -0.2) is 13.2 Å². The van der Waals surface area contributed by atoms with E-state index in [2.05, 4.69) is 15.9 Å². The third-order valence-electron chi connectivity index (χ3n) is 1.44. The molecule has 0 spiro atoms. The summed E-state index contributed by atoms with van der Waals surface area (Å²) in [7, 11) is 0. The zero-order chi connectivity index (χ0) is 8.43. The standard InChI is InChI=1S/C7H6BrF3/c8-6-2-1-4(9)3-5(6)7(10)11/h3,7H,1-2H2. The number of rotatable bonds is 1. The van der Waals surface area contributed by atoms with E-state index < -0.39 is 12.3 Å². The van der Waals surface area contributed by atoms with Crippen LogP contribution < -0.4 is 0 Å². The van der Waals surface area contributed by atoms with Gasteiger partial charge in [0.05, 0.1) is 0 Å². The summed E-state index contributed by atoms with van der Waals surface area (Å²) in [6.07, 6.45) is -1.13. The molecule has 0 N–H and O–H groups in total. The second-order valence-corrected chi connectivity index (χ2v) is 3.21. The van der Waals surface area contributed by atoms with E-state index >= 15 is 0 Å². The first-order valence-electron chi connectivity index (χ1n) is 3.14. The molecule has 0 heterocycles. The van der Waals surface area contributed by atoms with Crippen LogP contribution in [0.4, 0.5) is 13.2 Å². The molecule has 0 atom stereocenters. The summed E-state index contributed by atoms with van der Waals surface area (Å²) in [6.45, 7) is 0. The Labute approximate surface area is 70.9 Å². The number of hydrogen-bond acceptors (Lipinski definition) is 0. The van der Waals surface area contributed by atoms with Gasteiger partial charge < -0.3 is 0 Å². The summed E-state index contributed by atoms with van der Waals surface area (Å²) in [5, 5.41) is 0. The molecule has 0 saturated heterocycles. The summed E-state index contributed by atoms with van der Waals surface area (Å²) in [5.41, 5.74) is -0.228. The highest BCUT2D eigenvalue weighted by molar-refractivity contribution is 9.11. The molecule has 0 unspecified atom stereocenters. The largest absolute Gasteiger partial charge is 0.264 e. The average Bonchev–Trinajstić information content (AvgIpc) is 1.94. The lowest BCUT2D eigenvalue weighted by Crippen LogP contribution is -2.01. The normalized spacial score (nSPS) is 19.2. The molecule has 0 nitrogen and oxygen atoms in total. The van der Waals surface area contributed by atoms with Crippen molar-refractivity contribution in [3.8, 4) is 0 Å². The Balaban J connectivity index is 2.89. The van der Waals surface area contributed by atoms with E-state index in [4.69, 9.17) is 0 Å². The van der Waals surface area contributed by atoms with Crippen LogP contribution in [0.1, 0.15) is 12.8 Å². The first-order valence-corrected chi connectivity index (χ1v) is 3.93. The zero-order valence-electron chi connectivity index (χ0n) is 5.58. The van der Waals surface area contributed by atoms with E-state index in [1.165, 1.54) is 0 Å². The smallest absolute Gasteiger partial charge is 0.212 e. The average molecular weight is 227 g/mol. The van der Waals surface area contributed by atoms with Crippen LogP contribution in [0.5, 0.6) is 0 Å². The monoisotopic (exact) mass is 226 g/mol. The summed E-state index contributed by atoms with van der Waals surface area (Å²) in [6, 6.07) is 0. The molecule has 11 heavy (non-hydrogen) atoms. The van der Waals surface area contributed by atoms with Crippen LogP contribution in [0.15, 0.2) is 22.0 Å². The van der Waals surface area contributed by atoms with Crippen LogP contribution in [-0.2, 0) is 0 Å². The van der Waals surface area contributed by atoms with Gasteiger partial charge in [-0.15, -0.1) is 0 Å². The Kier molecular flexibility index (Phi) is 2.76. The van der Waals surface area contributed by atoms with Crippen LogP contribution in [0.25, 0.3) is 0 Å². The van der Waals surface area contributed by atoms with E-state index in [-0.39, 0.29) is 12.0 Å². The molecule has 0 aromatic carbocycles. The second-order valence-electron chi connectivity index (χ2n) is 2.25. The first-order chi connectivity index (χ1) is 5.11. The van der Waals surface area contributed by atoms with Gasteiger partial charge in [-0.2, -0.15) is 0 Å². The van der Waals surface area contributed by atoms with E-state index in [0.717, 1.165) is 6.08 Å². The molecule has 1 rings (SSSR count). The Morgan fingerprint density at radius 1 is 1.36 bits per heavy atom. The lowest BCUT2D eigenvalue weighted by molar-refractivity contribution is 0.192. The Morgan fingerprint density at radius 3 is 2.45 bits per heavy atom. The molecule has 62 valence electrons. The highest BCUT2D eigenvalue weighted by Gasteiger charge is 2.18. The maximum atomic E-state index is 12.4. The fourth-order valence-electron chi connectivity index (χ4n) is 0.874. The van der Waals surface area contributed by atoms with Crippen LogP contribution in [-0.4, -0.2) is 6.43 Å². The van der Waals surface area contributed by atoms with Crippen molar-refractivity contribution in [1.82, 2.24) is 0 Å². The number of hydrogen-bond donors (Lipinski definition) is 0. The second kappa shape index (κ2) is 3.43. The van der Waals surface area contributed by atoms with Crippen molar-refractivity contribution in [3.05, 3.63) is 22.0 Å². The Bertz CT molecular complexity index is 218. The summed E-state index contributed by atoms with van der Waals surface area (Å²) < 4.78 is 36.9. The van der Waals surface area contributed by atoms with Gasteiger partial charge in [0.1, 0.15) is 5.83 Å². The van der Waals surface area contributed by atoms with Gasteiger partial charge in [0.25, 0.3) is 6.43 Å². The SMILES string of the molecule is FC1=CC(C(F)F)=C(Br)CC1. The maximum absolute atomic E-state index is 12.4. The van der Waals surface area contributed by atoms with Gasteiger partial charge >= 0.3 is 0 Å². The summed E-state index contributed by atoms with van der Waals surface area (Å²) in [4.78, 5) is 0. The van der Waals surface area contributed by atoms with Crippen molar-refractivity contribution in [2.24, 2.45) is 0 Å². The summed E-state index contributed by atoms with van der Waals surface area (Å²) in [5.74, 6) is -0.469. The van der Waals surface area contributed by atoms with Gasteiger partial charge in [-0.3, -0.25) is 0 Å². The Morgan fingerprint density at radius 2 is 2.00 bits per heavy atom. The number of allylic oxidation sites excluding steroid dienone is 4. The third-order valence-corrected chi connectivity index (χ3v) is 2.30. The molecule has 0 aromatic rings. The van der Waals surface area contributed by atoms with Crippen LogP contribution in [0.2, 0.25) is 0 Å².